The lowest BCUT2D eigenvalue weighted by molar-refractivity contribution is -0.143. The number of aryl methyl sites for hydroxylation is 1. The van der Waals surface area contributed by atoms with E-state index in [1.807, 2.05) is 13.8 Å². The van der Waals surface area contributed by atoms with E-state index in [4.69, 9.17) is 16.3 Å². The molecule has 0 saturated heterocycles. The van der Waals surface area contributed by atoms with E-state index in [1.54, 1.807) is 25.1 Å². The predicted molar refractivity (Wildman–Crippen MR) is 79.0 cm³/mol. The minimum absolute atomic E-state index is 0.0256. The maximum atomic E-state index is 12.4. The highest BCUT2D eigenvalue weighted by atomic mass is 35.5. The van der Waals surface area contributed by atoms with Crippen molar-refractivity contribution in [3.05, 3.63) is 34.3 Å². The quantitative estimate of drug-likeness (QED) is 0.758. The average molecular weight is 298 g/mol. The molecule has 20 heavy (non-hydrogen) atoms. The third-order valence-corrected chi connectivity index (χ3v) is 3.23. The summed E-state index contributed by atoms with van der Waals surface area (Å²) in [5.41, 5.74) is 1.37. The van der Waals surface area contributed by atoms with Gasteiger partial charge < -0.3 is 9.64 Å². The van der Waals surface area contributed by atoms with Crippen LogP contribution in [0.25, 0.3) is 0 Å². The molecule has 1 amide bonds. The molecule has 1 aromatic carbocycles. The summed E-state index contributed by atoms with van der Waals surface area (Å²) in [5, 5.41) is 0.619. The van der Waals surface area contributed by atoms with Gasteiger partial charge >= 0.3 is 5.97 Å². The van der Waals surface area contributed by atoms with Gasteiger partial charge in [-0.3, -0.25) is 9.59 Å². The van der Waals surface area contributed by atoms with Gasteiger partial charge in [-0.2, -0.15) is 0 Å². The number of rotatable bonds is 6. The molecule has 0 N–H and O–H groups in total. The molecule has 0 fully saturated rings. The second-order valence-corrected chi connectivity index (χ2v) is 4.90. The van der Waals surface area contributed by atoms with Crippen molar-refractivity contribution in [1.29, 1.82) is 0 Å². The molecule has 1 rings (SSSR count). The summed E-state index contributed by atoms with van der Waals surface area (Å²) >= 11 is 5.95. The lowest BCUT2D eigenvalue weighted by Crippen LogP contribution is -2.37. The minimum atomic E-state index is -0.389. The highest BCUT2D eigenvalue weighted by molar-refractivity contribution is 6.31. The summed E-state index contributed by atoms with van der Waals surface area (Å²) in [6.45, 7) is 6.34. The second-order valence-electron chi connectivity index (χ2n) is 4.50. The molecule has 5 heteroatoms. The molecule has 110 valence electrons. The standard InChI is InChI=1S/C15H20ClNO3/c1-4-8-17(10-14(18)20-5-2)15(19)12-6-7-13(16)11(3)9-12/h6-7,9H,4-5,8,10H2,1-3H3. The number of carbonyl (C=O) groups is 2. The van der Waals surface area contributed by atoms with Crippen LogP contribution in [0, 0.1) is 6.92 Å². The van der Waals surface area contributed by atoms with E-state index < -0.39 is 0 Å². The zero-order valence-corrected chi connectivity index (χ0v) is 12.9. The molecule has 0 unspecified atom stereocenters. The Balaban J connectivity index is 2.87. The fourth-order valence-corrected chi connectivity index (χ4v) is 1.96. The number of amides is 1. The molecule has 0 radical (unpaired) electrons. The first-order valence-corrected chi connectivity index (χ1v) is 7.08. The predicted octanol–water partition coefficient (Wildman–Crippen LogP) is 3.06. The van der Waals surface area contributed by atoms with Crippen molar-refractivity contribution in [3.63, 3.8) is 0 Å². The van der Waals surface area contributed by atoms with E-state index in [1.165, 1.54) is 4.90 Å². The topological polar surface area (TPSA) is 46.6 Å². The fourth-order valence-electron chi connectivity index (χ4n) is 1.85. The van der Waals surface area contributed by atoms with Crippen LogP contribution in [0.1, 0.15) is 36.2 Å². The van der Waals surface area contributed by atoms with Crippen LogP contribution >= 0.6 is 11.6 Å². The van der Waals surface area contributed by atoms with Crippen LogP contribution in [-0.2, 0) is 9.53 Å². The maximum Gasteiger partial charge on any atom is 0.325 e. The van der Waals surface area contributed by atoms with Gasteiger partial charge in [0.1, 0.15) is 6.54 Å². The second kappa shape index (κ2) is 7.90. The van der Waals surface area contributed by atoms with Gasteiger partial charge in [0, 0.05) is 17.1 Å². The number of benzene rings is 1. The zero-order chi connectivity index (χ0) is 15.1. The summed E-state index contributed by atoms with van der Waals surface area (Å²) in [4.78, 5) is 25.5. The first kappa shape index (κ1) is 16.5. The largest absolute Gasteiger partial charge is 0.465 e. The minimum Gasteiger partial charge on any atom is -0.465 e. The molecule has 0 aliphatic rings. The first-order chi connectivity index (χ1) is 9.49. The zero-order valence-electron chi connectivity index (χ0n) is 12.1. The summed E-state index contributed by atoms with van der Waals surface area (Å²) in [6.07, 6.45) is 0.776. The van der Waals surface area contributed by atoms with Crippen molar-refractivity contribution in [2.24, 2.45) is 0 Å². The smallest absolute Gasteiger partial charge is 0.325 e. The fraction of sp³-hybridized carbons (Fsp3) is 0.467. The molecule has 0 atom stereocenters. The SMILES string of the molecule is CCCN(CC(=O)OCC)C(=O)c1ccc(Cl)c(C)c1. The number of halogens is 1. The van der Waals surface area contributed by atoms with Crippen LogP contribution in [0.5, 0.6) is 0 Å². The van der Waals surface area contributed by atoms with Gasteiger partial charge in [0.2, 0.25) is 0 Å². The Hall–Kier alpha value is -1.55. The van der Waals surface area contributed by atoms with Gasteiger partial charge in [0.25, 0.3) is 5.91 Å². The summed E-state index contributed by atoms with van der Waals surface area (Å²) in [6, 6.07) is 5.10. The van der Waals surface area contributed by atoms with Crippen LogP contribution in [0.3, 0.4) is 0 Å². The van der Waals surface area contributed by atoms with Crippen molar-refractivity contribution in [3.8, 4) is 0 Å². The number of ether oxygens (including phenoxy) is 1. The van der Waals surface area contributed by atoms with Crippen molar-refractivity contribution >= 4 is 23.5 Å². The van der Waals surface area contributed by atoms with Gasteiger partial charge in [-0.15, -0.1) is 0 Å². The third kappa shape index (κ3) is 4.53. The molecule has 0 saturated carbocycles. The Morgan fingerprint density at radius 1 is 1.30 bits per heavy atom. The number of nitrogens with zero attached hydrogens (tertiary/aromatic N) is 1. The first-order valence-electron chi connectivity index (χ1n) is 6.70. The number of esters is 1. The van der Waals surface area contributed by atoms with Gasteiger partial charge in [0.15, 0.2) is 0 Å². The van der Waals surface area contributed by atoms with Gasteiger partial charge in [-0.1, -0.05) is 18.5 Å². The molecule has 0 spiro atoms. The number of carbonyl (C=O) groups excluding carboxylic acids is 2. The number of hydrogen-bond acceptors (Lipinski definition) is 3. The van der Waals surface area contributed by atoms with Crippen LogP contribution in [0.15, 0.2) is 18.2 Å². The van der Waals surface area contributed by atoms with Crippen LogP contribution in [0.4, 0.5) is 0 Å². The Morgan fingerprint density at radius 3 is 2.55 bits per heavy atom. The third-order valence-electron chi connectivity index (χ3n) is 2.81. The van der Waals surface area contributed by atoms with Crippen molar-refractivity contribution in [2.45, 2.75) is 27.2 Å². The maximum absolute atomic E-state index is 12.4. The van der Waals surface area contributed by atoms with Gasteiger partial charge in [-0.05, 0) is 44.0 Å². The molecule has 0 heterocycles. The molecule has 0 aliphatic carbocycles. The van der Waals surface area contributed by atoms with E-state index >= 15 is 0 Å². The van der Waals surface area contributed by atoms with E-state index in [9.17, 15) is 9.59 Å². The van der Waals surface area contributed by atoms with Gasteiger partial charge in [-0.25, -0.2) is 0 Å². The Labute approximate surface area is 124 Å². The molecule has 4 nitrogen and oxygen atoms in total. The van der Waals surface area contributed by atoms with Crippen LogP contribution in [0.2, 0.25) is 5.02 Å². The van der Waals surface area contributed by atoms with Crippen LogP contribution < -0.4 is 0 Å². The van der Waals surface area contributed by atoms with Crippen LogP contribution in [-0.4, -0.2) is 36.5 Å². The molecule has 0 aliphatic heterocycles. The Morgan fingerprint density at radius 2 is 2.00 bits per heavy atom. The average Bonchev–Trinajstić information content (AvgIpc) is 2.41. The Bertz CT molecular complexity index is 488. The molecule has 0 bridgehead atoms. The monoisotopic (exact) mass is 297 g/mol. The normalized spacial score (nSPS) is 10.2. The summed E-state index contributed by atoms with van der Waals surface area (Å²) in [7, 11) is 0. The number of hydrogen-bond donors (Lipinski definition) is 0. The van der Waals surface area contributed by atoms with Crippen molar-refractivity contribution in [2.75, 3.05) is 19.7 Å². The molecular weight excluding hydrogens is 278 g/mol. The highest BCUT2D eigenvalue weighted by Gasteiger charge is 2.19. The Kier molecular flexibility index (Phi) is 6.52. The molecular formula is C15H20ClNO3. The summed E-state index contributed by atoms with van der Waals surface area (Å²) in [5.74, 6) is -0.570. The summed E-state index contributed by atoms with van der Waals surface area (Å²) < 4.78 is 4.89. The van der Waals surface area contributed by atoms with E-state index in [0.717, 1.165) is 12.0 Å². The lowest BCUT2D eigenvalue weighted by atomic mass is 10.1. The van der Waals surface area contributed by atoms with E-state index in [0.29, 0.717) is 23.7 Å². The van der Waals surface area contributed by atoms with E-state index in [-0.39, 0.29) is 18.4 Å². The molecule has 0 aromatic heterocycles. The highest BCUT2D eigenvalue weighted by Crippen LogP contribution is 2.17. The van der Waals surface area contributed by atoms with Gasteiger partial charge in [0.05, 0.1) is 6.61 Å². The lowest BCUT2D eigenvalue weighted by Gasteiger charge is -2.21. The molecule has 1 aromatic rings. The van der Waals surface area contributed by atoms with Crippen molar-refractivity contribution in [1.82, 2.24) is 4.90 Å². The van der Waals surface area contributed by atoms with E-state index in [2.05, 4.69) is 0 Å². The van der Waals surface area contributed by atoms with Crippen molar-refractivity contribution < 1.29 is 14.3 Å².